The van der Waals surface area contributed by atoms with Crippen molar-refractivity contribution in [1.82, 2.24) is 5.32 Å². The zero-order chi connectivity index (χ0) is 15.5. The molecule has 1 unspecified atom stereocenters. The second-order valence-electron chi connectivity index (χ2n) is 6.30. The fourth-order valence-electron chi connectivity index (χ4n) is 3.33. The molecule has 0 radical (unpaired) electrons. The summed E-state index contributed by atoms with van der Waals surface area (Å²) >= 11 is 0. The molecule has 1 heterocycles. The van der Waals surface area contributed by atoms with Crippen molar-refractivity contribution in [3.63, 3.8) is 0 Å². The van der Waals surface area contributed by atoms with Gasteiger partial charge in [-0.2, -0.15) is 0 Å². The van der Waals surface area contributed by atoms with Gasteiger partial charge in [0.1, 0.15) is 11.9 Å². The molecule has 22 heavy (non-hydrogen) atoms. The number of carbonyl (C=O) groups is 1. The first kappa shape index (κ1) is 15.0. The van der Waals surface area contributed by atoms with Crippen LogP contribution >= 0.6 is 0 Å². The predicted octanol–water partition coefficient (Wildman–Crippen LogP) is 2.30. The van der Waals surface area contributed by atoms with Crippen LogP contribution in [0.3, 0.4) is 0 Å². The van der Waals surface area contributed by atoms with Crippen LogP contribution in [0.1, 0.15) is 39.0 Å². The summed E-state index contributed by atoms with van der Waals surface area (Å²) in [5.41, 5.74) is 7.49. The molecule has 1 aliphatic heterocycles. The molecule has 120 valence electrons. The second kappa shape index (κ2) is 6.46. The average Bonchev–Trinajstić information content (AvgIpc) is 2.99. The lowest BCUT2D eigenvalue weighted by Crippen LogP contribution is -2.46. The maximum atomic E-state index is 12.3. The Morgan fingerprint density at radius 3 is 2.91 bits per heavy atom. The Kier molecular flexibility index (Phi) is 4.41. The van der Waals surface area contributed by atoms with Gasteiger partial charge in [-0.25, -0.2) is 0 Å². The normalized spacial score (nSPS) is 21.3. The number of hydrogen-bond donors (Lipinski definition) is 2. The number of amides is 1. The first-order valence-corrected chi connectivity index (χ1v) is 8.26. The highest BCUT2D eigenvalue weighted by Gasteiger charge is 2.27. The van der Waals surface area contributed by atoms with E-state index in [9.17, 15) is 4.79 Å². The molecule has 3 N–H and O–H groups in total. The minimum Gasteiger partial charge on any atom is -0.486 e. The topological polar surface area (TPSA) is 67.6 Å². The zero-order valence-corrected chi connectivity index (χ0v) is 13.2. The van der Waals surface area contributed by atoms with Gasteiger partial charge in [0.25, 0.3) is 0 Å². The number of carbonyl (C=O) groups excluding carboxylic acids is 1. The largest absolute Gasteiger partial charge is 0.486 e. The molecule has 1 atom stereocenters. The van der Waals surface area contributed by atoms with Crippen LogP contribution in [0, 0.1) is 0 Å². The fraction of sp³-hybridized carbons (Fsp3) is 0.588. The third-order valence-corrected chi connectivity index (χ3v) is 4.55. The SMILES string of the molecule is CCC1CN(CC(=O)NC2CCCC2)c2ccc(N)cc2O1. The number of fused-ring (bicyclic) bond motifs is 1. The van der Waals surface area contributed by atoms with Crippen LogP contribution in [0.4, 0.5) is 11.4 Å². The highest BCUT2D eigenvalue weighted by atomic mass is 16.5. The van der Waals surface area contributed by atoms with Crippen molar-refractivity contribution in [2.45, 2.75) is 51.2 Å². The lowest BCUT2D eigenvalue weighted by atomic mass is 10.1. The molecule has 0 aromatic heterocycles. The first-order chi connectivity index (χ1) is 10.7. The van der Waals surface area contributed by atoms with Gasteiger partial charge in [-0.05, 0) is 31.4 Å². The van der Waals surface area contributed by atoms with E-state index in [0.717, 1.165) is 37.2 Å². The Hall–Kier alpha value is -1.91. The van der Waals surface area contributed by atoms with E-state index in [0.29, 0.717) is 18.3 Å². The third kappa shape index (κ3) is 3.29. The summed E-state index contributed by atoms with van der Waals surface area (Å²) in [4.78, 5) is 14.4. The maximum Gasteiger partial charge on any atom is 0.239 e. The number of hydrogen-bond acceptors (Lipinski definition) is 4. The number of nitrogens with one attached hydrogen (secondary N) is 1. The van der Waals surface area contributed by atoms with Crippen LogP contribution in [-0.4, -0.2) is 31.1 Å². The van der Waals surface area contributed by atoms with Crippen molar-refractivity contribution in [1.29, 1.82) is 0 Å². The minimum atomic E-state index is 0.103. The Balaban J connectivity index is 1.70. The van der Waals surface area contributed by atoms with Gasteiger partial charge in [-0.1, -0.05) is 19.8 Å². The summed E-state index contributed by atoms with van der Waals surface area (Å²) in [6.07, 6.45) is 5.69. The highest BCUT2D eigenvalue weighted by Crippen LogP contribution is 2.35. The molecule has 0 saturated heterocycles. The van der Waals surface area contributed by atoms with Gasteiger partial charge in [0.05, 0.1) is 18.8 Å². The molecule has 1 amide bonds. The number of rotatable bonds is 4. The molecule has 3 rings (SSSR count). The molecule has 0 bridgehead atoms. The van der Waals surface area contributed by atoms with Gasteiger partial charge < -0.3 is 20.7 Å². The second-order valence-corrected chi connectivity index (χ2v) is 6.30. The number of nitrogen functional groups attached to an aromatic ring is 1. The van der Waals surface area contributed by atoms with Crippen LogP contribution in [0.25, 0.3) is 0 Å². The van der Waals surface area contributed by atoms with E-state index >= 15 is 0 Å². The van der Waals surface area contributed by atoms with Gasteiger partial charge >= 0.3 is 0 Å². The van der Waals surface area contributed by atoms with E-state index in [-0.39, 0.29) is 12.0 Å². The van der Waals surface area contributed by atoms with Gasteiger partial charge in [-0.3, -0.25) is 4.79 Å². The minimum absolute atomic E-state index is 0.103. The van der Waals surface area contributed by atoms with Crippen molar-refractivity contribution >= 4 is 17.3 Å². The first-order valence-electron chi connectivity index (χ1n) is 8.26. The zero-order valence-electron chi connectivity index (χ0n) is 13.2. The quantitative estimate of drug-likeness (QED) is 0.838. The Bertz CT molecular complexity index is 541. The van der Waals surface area contributed by atoms with Crippen molar-refractivity contribution in [2.75, 3.05) is 23.7 Å². The molecule has 5 nitrogen and oxygen atoms in total. The van der Waals surface area contributed by atoms with Crippen LogP contribution in [0.15, 0.2) is 18.2 Å². The number of benzene rings is 1. The summed E-state index contributed by atoms with van der Waals surface area (Å²) < 4.78 is 5.95. The lowest BCUT2D eigenvalue weighted by molar-refractivity contribution is -0.120. The van der Waals surface area contributed by atoms with Crippen molar-refractivity contribution < 1.29 is 9.53 Å². The number of anilines is 2. The van der Waals surface area contributed by atoms with E-state index < -0.39 is 0 Å². The summed E-state index contributed by atoms with van der Waals surface area (Å²) in [7, 11) is 0. The number of ether oxygens (including phenoxy) is 1. The summed E-state index contributed by atoms with van der Waals surface area (Å²) in [5.74, 6) is 0.887. The molecule has 1 saturated carbocycles. The Morgan fingerprint density at radius 1 is 1.41 bits per heavy atom. The van der Waals surface area contributed by atoms with E-state index in [2.05, 4.69) is 17.1 Å². The van der Waals surface area contributed by atoms with Gasteiger partial charge in [-0.15, -0.1) is 0 Å². The Morgan fingerprint density at radius 2 is 2.18 bits per heavy atom. The van der Waals surface area contributed by atoms with E-state index in [1.54, 1.807) is 0 Å². The van der Waals surface area contributed by atoms with Gasteiger partial charge in [0.15, 0.2) is 0 Å². The highest BCUT2D eigenvalue weighted by molar-refractivity contribution is 5.83. The summed E-state index contributed by atoms with van der Waals surface area (Å²) in [6.45, 7) is 3.22. The van der Waals surface area contributed by atoms with E-state index in [4.69, 9.17) is 10.5 Å². The molecule has 1 aromatic carbocycles. The fourth-order valence-corrected chi connectivity index (χ4v) is 3.33. The molecule has 1 aromatic rings. The number of nitrogens with zero attached hydrogens (tertiary/aromatic N) is 1. The van der Waals surface area contributed by atoms with E-state index in [1.165, 1.54) is 12.8 Å². The molecule has 2 aliphatic rings. The van der Waals surface area contributed by atoms with Crippen molar-refractivity contribution in [3.8, 4) is 5.75 Å². The van der Waals surface area contributed by atoms with Crippen LogP contribution < -0.4 is 20.7 Å². The lowest BCUT2D eigenvalue weighted by Gasteiger charge is -2.36. The van der Waals surface area contributed by atoms with Crippen molar-refractivity contribution in [2.24, 2.45) is 0 Å². The standard InChI is InChI=1S/C17H25N3O2/c1-2-14-10-20(11-17(21)19-13-5-3-4-6-13)15-8-7-12(18)9-16(15)22-14/h7-9,13-14H,2-6,10-11,18H2,1H3,(H,19,21). The monoisotopic (exact) mass is 303 g/mol. The van der Waals surface area contributed by atoms with Crippen LogP contribution in [0.2, 0.25) is 0 Å². The molecule has 1 aliphatic carbocycles. The molecule has 0 spiro atoms. The molecular formula is C17H25N3O2. The number of nitrogens with two attached hydrogens (primary N) is 1. The Labute approximate surface area is 131 Å². The predicted molar refractivity (Wildman–Crippen MR) is 88.2 cm³/mol. The van der Waals surface area contributed by atoms with Crippen LogP contribution in [0.5, 0.6) is 5.75 Å². The van der Waals surface area contributed by atoms with Crippen molar-refractivity contribution in [3.05, 3.63) is 18.2 Å². The van der Waals surface area contributed by atoms with Gasteiger partial charge in [0, 0.05) is 17.8 Å². The smallest absolute Gasteiger partial charge is 0.239 e. The molecule has 1 fully saturated rings. The third-order valence-electron chi connectivity index (χ3n) is 4.55. The maximum absolute atomic E-state index is 12.3. The summed E-state index contributed by atoms with van der Waals surface area (Å²) in [6, 6.07) is 6.01. The average molecular weight is 303 g/mol. The molecular weight excluding hydrogens is 278 g/mol. The van der Waals surface area contributed by atoms with E-state index in [1.807, 2.05) is 18.2 Å². The van der Waals surface area contributed by atoms with Gasteiger partial charge in [0.2, 0.25) is 5.91 Å². The molecule has 5 heteroatoms. The summed E-state index contributed by atoms with van der Waals surface area (Å²) in [5, 5.41) is 3.16. The van der Waals surface area contributed by atoms with Crippen LogP contribution in [-0.2, 0) is 4.79 Å².